The molecule has 2 fully saturated rings. The molecule has 1 heterocycles. The van der Waals surface area contributed by atoms with Crippen LogP contribution in [-0.2, 0) is 9.53 Å². The lowest BCUT2D eigenvalue weighted by Gasteiger charge is -2.35. The molecule has 1 saturated heterocycles. The smallest absolute Gasteiger partial charge is 0.240 e. The van der Waals surface area contributed by atoms with Crippen LogP contribution in [0.15, 0.2) is 0 Å². The molecule has 4 nitrogen and oxygen atoms in total. The second-order valence-electron chi connectivity index (χ2n) is 6.04. The number of nitrogens with two attached hydrogens (primary N) is 1. The Balaban J connectivity index is 1.94. The molecule has 1 amide bonds. The van der Waals surface area contributed by atoms with Gasteiger partial charge in [-0.05, 0) is 39.0 Å². The topological polar surface area (TPSA) is 64.4 Å². The Morgan fingerprint density at radius 2 is 2.22 bits per heavy atom. The highest BCUT2D eigenvalue weighted by Crippen LogP contribution is 2.34. The fraction of sp³-hybridized carbons (Fsp3) is 0.929. The molecule has 0 spiro atoms. The van der Waals surface area contributed by atoms with Crippen molar-refractivity contribution in [1.82, 2.24) is 5.32 Å². The molecule has 3 N–H and O–H groups in total. The number of rotatable bonds is 4. The highest BCUT2D eigenvalue weighted by atomic mass is 16.5. The fourth-order valence-electron chi connectivity index (χ4n) is 3.32. The van der Waals surface area contributed by atoms with Crippen molar-refractivity contribution in [2.45, 2.75) is 70.1 Å². The Labute approximate surface area is 110 Å². The highest BCUT2D eigenvalue weighted by Gasteiger charge is 2.40. The van der Waals surface area contributed by atoms with Gasteiger partial charge in [0.05, 0.1) is 11.6 Å². The molecule has 0 bridgehead atoms. The summed E-state index contributed by atoms with van der Waals surface area (Å²) in [6, 6.07) is 0.262. The Bertz CT molecular complexity index is 304. The van der Waals surface area contributed by atoms with Gasteiger partial charge in [0.15, 0.2) is 0 Å². The minimum atomic E-state index is -0.735. The van der Waals surface area contributed by atoms with Crippen LogP contribution in [0, 0.1) is 5.92 Å². The van der Waals surface area contributed by atoms with Gasteiger partial charge in [-0.2, -0.15) is 0 Å². The van der Waals surface area contributed by atoms with Gasteiger partial charge in [0.25, 0.3) is 0 Å². The van der Waals surface area contributed by atoms with E-state index in [1.807, 2.05) is 6.92 Å². The maximum atomic E-state index is 12.2. The third-order valence-electron chi connectivity index (χ3n) is 4.39. The third kappa shape index (κ3) is 2.86. The van der Waals surface area contributed by atoms with Crippen molar-refractivity contribution < 1.29 is 9.53 Å². The van der Waals surface area contributed by atoms with Crippen LogP contribution in [0.25, 0.3) is 0 Å². The van der Waals surface area contributed by atoms with Gasteiger partial charge in [0, 0.05) is 18.6 Å². The lowest BCUT2D eigenvalue weighted by Crippen LogP contribution is -2.56. The molecule has 2 aliphatic rings. The first-order valence-electron chi connectivity index (χ1n) is 7.26. The molecule has 4 unspecified atom stereocenters. The SMILES string of the molecule is CCCC(C)(N)C(=O)NC1CCCC2OCCC12. The molecule has 4 heteroatoms. The molecular formula is C14H26N2O2. The maximum Gasteiger partial charge on any atom is 0.240 e. The molecule has 0 aromatic heterocycles. The zero-order valence-electron chi connectivity index (χ0n) is 11.6. The fourth-order valence-corrected chi connectivity index (χ4v) is 3.32. The number of fused-ring (bicyclic) bond motifs is 1. The van der Waals surface area contributed by atoms with E-state index in [-0.39, 0.29) is 11.9 Å². The van der Waals surface area contributed by atoms with Gasteiger partial charge >= 0.3 is 0 Å². The molecule has 1 aliphatic heterocycles. The van der Waals surface area contributed by atoms with Crippen molar-refractivity contribution in [2.24, 2.45) is 11.7 Å². The summed E-state index contributed by atoms with van der Waals surface area (Å²) in [6.45, 7) is 4.73. The molecular weight excluding hydrogens is 228 g/mol. The van der Waals surface area contributed by atoms with E-state index in [0.29, 0.717) is 12.0 Å². The van der Waals surface area contributed by atoms with E-state index >= 15 is 0 Å². The van der Waals surface area contributed by atoms with E-state index in [1.54, 1.807) is 0 Å². The van der Waals surface area contributed by atoms with Gasteiger partial charge in [-0.3, -0.25) is 4.79 Å². The summed E-state index contributed by atoms with van der Waals surface area (Å²) in [5.74, 6) is 0.502. The predicted molar refractivity (Wildman–Crippen MR) is 71.1 cm³/mol. The average Bonchev–Trinajstić information content (AvgIpc) is 2.78. The van der Waals surface area contributed by atoms with Crippen LogP contribution in [0.1, 0.15) is 52.4 Å². The molecule has 0 radical (unpaired) electrons. The largest absolute Gasteiger partial charge is 0.378 e. The van der Waals surface area contributed by atoms with Gasteiger partial charge in [-0.1, -0.05) is 13.3 Å². The van der Waals surface area contributed by atoms with Crippen LogP contribution < -0.4 is 11.1 Å². The number of carbonyl (C=O) groups excluding carboxylic acids is 1. The Morgan fingerprint density at radius 3 is 2.94 bits per heavy atom. The van der Waals surface area contributed by atoms with Crippen molar-refractivity contribution >= 4 is 5.91 Å². The molecule has 4 atom stereocenters. The van der Waals surface area contributed by atoms with Gasteiger partial charge in [0.1, 0.15) is 0 Å². The van der Waals surface area contributed by atoms with Crippen molar-refractivity contribution in [2.75, 3.05) is 6.61 Å². The van der Waals surface area contributed by atoms with Crippen molar-refractivity contribution in [1.29, 1.82) is 0 Å². The quantitative estimate of drug-likeness (QED) is 0.800. The average molecular weight is 254 g/mol. The second kappa shape index (κ2) is 5.57. The number of amides is 1. The summed E-state index contributed by atoms with van der Waals surface area (Å²) in [4.78, 5) is 12.2. The van der Waals surface area contributed by atoms with Gasteiger partial charge in [-0.25, -0.2) is 0 Å². The monoisotopic (exact) mass is 254 g/mol. The van der Waals surface area contributed by atoms with Gasteiger partial charge in [0.2, 0.25) is 5.91 Å². The van der Waals surface area contributed by atoms with Crippen LogP contribution in [0.2, 0.25) is 0 Å². The first-order chi connectivity index (χ1) is 8.54. The molecule has 0 aromatic rings. The number of nitrogens with one attached hydrogen (secondary N) is 1. The molecule has 18 heavy (non-hydrogen) atoms. The summed E-state index contributed by atoms with van der Waals surface area (Å²) in [5, 5.41) is 3.17. The number of carbonyl (C=O) groups is 1. The lowest BCUT2D eigenvalue weighted by atomic mass is 9.81. The molecule has 1 saturated carbocycles. The summed E-state index contributed by atoms with van der Waals surface area (Å²) in [5.41, 5.74) is 5.35. The normalized spacial score (nSPS) is 34.7. The van der Waals surface area contributed by atoms with E-state index in [9.17, 15) is 4.79 Å². The van der Waals surface area contributed by atoms with Crippen LogP contribution in [0.4, 0.5) is 0 Å². The number of hydrogen-bond acceptors (Lipinski definition) is 3. The zero-order valence-corrected chi connectivity index (χ0v) is 11.6. The number of hydrogen-bond donors (Lipinski definition) is 2. The Hall–Kier alpha value is -0.610. The summed E-state index contributed by atoms with van der Waals surface area (Å²) in [7, 11) is 0. The van der Waals surface area contributed by atoms with E-state index in [0.717, 1.165) is 45.1 Å². The van der Waals surface area contributed by atoms with E-state index < -0.39 is 5.54 Å². The van der Waals surface area contributed by atoms with Crippen molar-refractivity contribution in [3.05, 3.63) is 0 Å². The van der Waals surface area contributed by atoms with Crippen LogP contribution in [0.5, 0.6) is 0 Å². The van der Waals surface area contributed by atoms with Crippen molar-refractivity contribution in [3.63, 3.8) is 0 Å². The minimum Gasteiger partial charge on any atom is -0.378 e. The third-order valence-corrected chi connectivity index (χ3v) is 4.39. The Kier molecular flexibility index (Phi) is 4.28. The van der Waals surface area contributed by atoms with Gasteiger partial charge in [-0.15, -0.1) is 0 Å². The van der Waals surface area contributed by atoms with Gasteiger partial charge < -0.3 is 15.8 Å². The first-order valence-corrected chi connectivity index (χ1v) is 7.26. The summed E-state index contributed by atoms with van der Waals surface area (Å²) >= 11 is 0. The van der Waals surface area contributed by atoms with Crippen LogP contribution in [-0.4, -0.2) is 30.2 Å². The predicted octanol–water partition coefficient (Wildman–Crippen LogP) is 1.58. The minimum absolute atomic E-state index is 0.00176. The maximum absolute atomic E-state index is 12.2. The Morgan fingerprint density at radius 1 is 1.44 bits per heavy atom. The summed E-state index contributed by atoms with van der Waals surface area (Å²) < 4.78 is 5.72. The molecule has 1 aliphatic carbocycles. The standard InChI is InChI=1S/C14H26N2O2/c1-3-8-14(2,15)13(17)16-11-5-4-6-12-10(11)7-9-18-12/h10-12H,3-9,15H2,1-2H3,(H,16,17). The van der Waals surface area contributed by atoms with E-state index in [1.165, 1.54) is 0 Å². The molecule has 0 aromatic carbocycles. The van der Waals surface area contributed by atoms with Crippen LogP contribution in [0.3, 0.4) is 0 Å². The zero-order chi connectivity index (χ0) is 13.2. The van der Waals surface area contributed by atoms with Crippen LogP contribution >= 0.6 is 0 Å². The first kappa shape index (κ1) is 13.8. The number of ether oxygens (including phenoxy) is 1. The van der Waals surface area contributed by atoms with E-state index in [2.05, 4.69) is 12.2 Å². The molecule has 104 valence electrons. The lowest BCUT2D eigenvalue weighted by molar-refractivity contribution is -0.127. The summed E-state index contributed by atoms with van der Waals surface area (Å²) in [6.07, 6.45) is 6.45. The van der Waals surface area contributed by atoms with E-state index in [4.69, 9.17) is 10.5 Å². The highest BCUT2D eigenvalue weighted by molar-refractivity contribution is 5.85. The van der Waals surface area contributed by atoms with Crippen molar-refractivity contribution in [3.8, 4) is 0 Å². The molecule has 2 rings (SSSR count). The second-order valence-corrected chi connectivity index (χ2v) is 6.04.